The predicted octanol–water partition coefficient (Wildman–Crippen LogP) is 1.92. The number of pyridine rings is 1. The summed E-state index contributed by atoms with van der Waals surface area (Å²) in [5.74, 6) is 0. The molecule has 1 saturated heterocycles. The maximum absolute atomic E-state index is 5.91. The third-order valence-electron chi connectivity index (χ3n) is 2.31. The second kappa shape index (κ2) is 4.55. The maximum Gasteiger partial charge on any atom is 0.155 e. The summed E-state index contributed by atoms with van der Waals surface area (Å²) >= 11 is 9.22. The first kappa shape index (κ1) is 11.0. The molecule has 0 amide bonds. The van der Waals surface area contributed by atoms with E-state index in [1.807, 2.05) is 6.07 Å². The van der Waals surface area contributed by atoms with Gasteiger partial charge in [-0.3, -0.25) is 0 Å². The van der Waals surface area contributed by atoms with Gasteiger partial charge in [0, 0.05) is 13.1 Å². The predicted molar refractivity (Wildman–Crippen MR) is 64.4 cm³/mol. The number of ether oxygens (including phenoxy) is 1. The van der Waals surface area contributed by atoms with Crippen LogP contribution in [-0.4, -0.2) is 31.3 Å². The van der Waals surface area contributed by atoms with Gasteiger partial charge in [0.05, 0.1) is 24.6 Å². The SMILES string of the molecule is Nc1c(N2CCOCC2)cc(Br)nc1Cl. The Bertz CT molecular complexity index is 369. The molecular formula is C9H11BrClN3O. The van der Waals surface area contributed by atoms with Gasteiger partial charge in [-0.05, 0) is 22.0 Å². The average Bonchev–Trinajstić information content (AvgIpc) is 2.24. The summed E-state index contributed by atoms with van der Waals surface area (Å²) in [7, 11) is 0. The zero-order valence-electron chi connectivity index (χ0n) is 8.04. The molecule has 2 heterocycles. The highest BCUT2D eigenvalue weighted by Crippen LogP contribution is 2.31. The second-order valence-electron chi connectivity index (χ2n) is 3.27. The number of halogens is 2. The highest BCUT2D eigenvalue weighted by molar-refractivity contribution is 9.10. The minimum absolute atomic E-state index is 0.339. The van der Waals surface area contributed by atoms with Crippen molar-refractivity contribution in [2.45, 2.75) is 0 Å². The van der Waals surface area contributed by atoms with E-state index < -0.39 is 0 Å². The molecule has 0 unspecified atom stereocenters. The van der Waals surface area contributed by atoms with Crippen molar-refractivity contribution in [3.8, 4) is 0 Å². The molecule has 0 saturated carbocycles. The van der Waals surface area contributed by atoms with Crippen molar-refractivity contribution < 1.29 is 4.74 Å². The minimum Gasteiger partial charge on any atom is -0.395 e. The molecule has 1 aromatic rings. The van der Waals surface area contributed by atoms with E-state index in [0.29, 0.717) is 15.4 Å². The molecule has 4 nitrogen and oxygen atoms in total. The quantitative estimate of drug-likeness (QED) is 0.804. The van der Waals surface area contributed by atoms with Crippen LogP contribution in [0.5, 0.6) is 0 Å². The molecule has 2 N–H and O–H groups in total. The smallest absolute Gasteiger partial charge is 0.155 e. The highest BCUT2D eigenvalue weighted by atomic mass is 79.9. The van der Waals surface area contributed by atoms with Gasteiger partial charge >= 0.3 is 0 Å². The summed E-state index contributed by atoms with van der Waals surface area (Å²) in [5, 5.41) is 0.339. The first-order chi connectivity index (χ1) is 7.18. The number of nitrogen functional groups attached to an aromatic ring is 1. The number of anilines is 2. The molecule has 15 heavy (non-hydrogen) atoms. The molecule has 0 atom stereocenters. The van der Waals surface area contributed by atoms with E-state index in [4.69, 9.17) is 22.1 Å². The summed E-state index contributed by atoms with van der Waals surface area (Å²) in [4.78, 5) is 6.18. The molecule has 0 aromatic carbocycles. The van der Waals surface area contributed by atoms with Crippen LogP contribution in [0.4, 0.5) is 11.4 Å². The molecule has 6 heteroatoms. The van der Waals surface area contributed by atoms with E-state index in [0.717, 1.165) is 32.0 Å². The summed E-state index contributed by atoms with van der Waals surface area (Å²) in [5.41, 5.74) is 7.34. The van der Waals surface area contributed by atoms with E-state index in [9.17, 15) is 0 Å². The molecule has 82 valence electrons. The fourth-order valence-corrected chi connectivity index (χ4v) is 2.23. The van der Waals surface area contributed by atoms with E-state index >= 15 is 0 Å². The standard InChI is InChI=1S/C9H11BrClN3O/c10-7-5-6(8(12)9(11)13-7)14-1-3-15-4-2-14/h5H,1-4,12H2. The van der Waals surface area contributed by atoms with Gasteiger partial charge < -0.3 is 15.4 Å². The number of morpholine rings is 1. The summed E-state index contributed by atoms with van der Waals surface area (Å²) in [6.45, 7) is 3.10. The van der Waals surface area contributed by atoms with E-state index in [2.05, 4.69) is 25.8 Å². The van der Waals surface area contributed by atoms with Crippen LogP contribution in [0.2, 0.25) is 5.15 Å². The lowest BCUT2D eigenvalue weighted by Crippen LogP contribution is -2.36. The molecule has 0 spiro atoms. The highest BCUT2D eigenvalue weighted by Gasteiger charge is 2.16. The molecule has 1 fully saturated rings. The van der Waals surface area contributed by atoms with Gasteiger partial charge in [-0.2, -0.15) is 0 Å². The topological polar surface area (TPSA) is 51.4 Å². The van der Waals surface area contributed by atoms with Crippen molar-refractivity contribution in [2.24, 2.45) is 0 Å². The maximum atomic E-state index is 5.91. The van der Waals surface area contributed by atoms with Crippen molar-refractivity contribution in [2.75, 3.05) is 36.9 Å². The molecule has 1 aromatic heterocycles. The second-order valence-corrected chi connectivity index (χ2v) is 4.44. The van der Waals surface area contributed by atoms with Crippen molar-refractivity contribution in [1.82, 2.24) is 4.98 Å². The fraction of sp³-hybridized carbons (Fsp3) is 0.444. The number of nitrogens with zero attached hydrogens (tertiary/aromatic N) is 2. The van der Waals surface area contributed by atoms with Crippen LogP contribution in [0.1, 0.15) is 0 Å². The molecule has 0 bridgehead atoms. The number of rotatable bonds is 1. The summed E-state index contributed by atoms with van der Waals surface area (Å²) in [6.07, 6.45) is 0. The minimum atomic E-state index is 0.339. The summed E-state index contributed by atoms with van der Waals surface area (Å²) in [6, 6.07) is 1.88. The monoisotopic (exact) mass is 291 g/mol. The number of hydrogen-bond donors (Lipinski definition) is 1. The Hall–Kier alpha value is -0.520. The van der Waals surface area contributed by atoms with Gasteiger partial charge in [0.2, 0.25) is 0 Å². The van der Waals surface area contributed by atoms with Gasteiger partial charge in [-0.25, -0.2) is 4.98 Å². The van der Waals surface area contributed by atoms with E-state index in [1.54, 1.807) is 0 Å². The van der Waals surface area contributed by atoms with Gasteiger partial charge in [0.1, 0.15) is 4.60 Å². The van der Waals surface area contributed by atoms with Crippen LogP contribution < -0.4 is 10.6 Å². The molecule has 2 rings (SSSR count). The lowest BCUT2D eigenvalue weighted by atomic mass is 10.3. The Morgan fingerprint density at radius 3 is 2.80 bits per heavy atom. The van der Waals surface area contributed by atoms with Crippen LogP contribution in [0.15, 0.2) is 10.7 Å². The van der Waals surface area contributed by atoms with Crippen molar-refractivity contribution >= 4 is 38.9 Å². The van der Waals surface area contributed by atoms with Gasteiger partial charge in [-0.15, -0.1) is 0 Å². The largest absolute Gasteiger partial charge is 0.395 e. The molecule has 0 radical (unpaired) electrons. The van der Waals surface area contributed by atoms with Crippen LogP contribution in [0.25, 0.3) is 0 Å². The van der Waals surface area contributed by atoms with Gasteiger partial charge in [-0.1, -0.05) is 11.6 Å². The molecular weight excluding hydrogens is 281 g/mol. The zero-order valence-corrected chi connectivity index (χ0v) is 10.4. The van der Waals surface area contributed by atoms with E-state index in [1.165, 1.54) is 0 Å². The van der Waals surface area contributed by atoms with Crippen LogP contribution >= 0.6 is 27.5 Å². The van der Waals surface area contributed by atoms with Crippen LogP contribution in [0, 0.1) is 0 Å². The third kappa shape index (κ3) is 2.35. The first-order valence-electron chi connectivity index (χ1n) is 4.62. The zero-order chi connectivity index (χ0) is 10.8. The van der Waals surface area contributed by atoms with Crippen molar-refractivity contribution in [3.63, 3.8) is 0 Å². The lowest BCUT2D eigenvalue weighted by Gasteiger charge is -2.29. The van der Waals surface area contributed by atoms with Crippen LogP contribution in [0.3, 0.4) is 0 Å². The Kier molecular flexibility index (Phi) is 3.33. The molecule has 1 aliphatic heterocycles. The van der Waals surface area contributed by atoms with Crippen molar-refractivity contribution in [3.05, 3.63) is 15.8 Å². The van der Waals surface area contributed by atoms with Gasteiger partial charge in [0.25, 0.3) is 0 Å². The van der Waals surface area contributed by atoms with Crippen molar-refractivity contribution in [1.29, 1.82) is 0 Å². The molecule has 1 aliphatic rings. The Morgan fingerprint density at radius 2 is 2.13 bits per heavy atom. The Balaban J connectivity index is 2.33. The number of aromatic nitrogens is 1. The Morgan fingerprint density at radius 1 is 1.47 bits per heavy atom. The fourth-order valence-electron chi connectivity index (χ4n) is 1.55. The summed E-state index contributed by atoms with van der Waals surface area (Å²) < 4.78 is 5.98. The average molecular weight is 293 g/mol. The third-order valence-corrected chi connectivity index (χ3v) is 3.01. The first-order valence-corrected chi connectivity index (χ1v) is 5.80. The Labute approximate surface area is 101 Å². The van der Waals surface area contributed by atoms with Crippen LogP contribution in [-0.2, 0) is 4.74 Å². The van der Waals surface area contributed by atoms with E-state index in [-0.39, 0.29) is 0 Å². The van der Waals surface area contributed by atoms with Gasteiger partial charge in [0.15, 0.2) is 5.15 Å². The molecule has 0 aliphatic carbocycles. The number of hydrogen-bond acceptors (Lipinski definition) is 4. The number of nitrogens with two attached hydrogens (primary N) is 1. The lowest BCUT2D eigenvalue weighted by molar-refractivity contribution is 0.123. The normalized spacial score (nSPS) is 16.8.